The molecule has 0 aromatic carbocycles. The number of H-pyrrole nitrogens is 2. The van der Waals surface area contributed by atoms with Crippen LogP contribution >= 0.6 is 11.3 Å². The van der Waals surface area contributed by atoms with Gasteiger partial charge in [-0.15, -0.1) is 11.3 Å². The fraction of sp³-hybridized carbons (Fsp3) is 0.500. The van der Waals surface area contributed by atoms with Crippen molar-refractivity contribution in [3.63, 3.8) is 0 Å². The quantitative estimate of drug-likeness (QED) is 0.874. The van der Waals surface area contributed by atoms with Gasteiger partial charge in [-0.2, -0.15) is 5.10 Å². The normalized spacial score (nSPS) is 18.6. The highest BCUT2D eigenvalue weighted by Crippen LogP contribution is 2.29. The highest BCUT2D eigenvalue weighted by molar-refractivity contribution is 7.09. The summed E-state index contributed by atoms with van der Waals surface area (Å²) in [5.74, 6) is 0.567. The highest BCUT2D eigenvalue weighted by Gasteiger charge is 2.32. The molecular formula is C12H15N5O2S. The molecule has 0 spiro atoms. The van der Waals surface area contributed by atoms with Gasteiger partial charge in [-0.05, 0) is 19.8 Å². The summed E-state index contributed by atoms with van der Waals surface area (Å²) in [4.78, 5) is 32.2. The zero-order valence-corrected chi connectivity index (χ0v) is 11.9. The number of hydrogen-bond acceptors (Lipinski definition) is 5. The topological polar surface area (TPSA) is 94.7 Å². The van der Waals surface area contributed by atoms with Crippen molar-refractivity contribution in [2.24, 2.45) is 0 Å². The maximum absolute atomic E-state index is 12.4. The van der Waals surface area contributed by atoms with Crippen LogP contribution < -0.4 is 5.69 Å². The minimum absolute atomic E-state index is 0.0293. The molecule has 1 amide bonds. The first-order valence-corrected chi connectivity index (χ1v) is 7.36. The van der Waals surface area contributed by atoms with Crippen LogP contribution in [-0.2, 0) is 11.2 Å². The molecule has 1 aliphatic heterocycles. The van der Waals surface area contributed by atoms with E-state index in [4.69, 9.17) is 0 Å². The van der Waals surface area contributed by atoms with Crippen molar-refractivity contribution < 1.29 is 4.79 Å². The lowest BCUT2D eigenvalue weighted by Crippen LogP contribution is -2.32. The summed E-state index contributed by atoms with van der Waals surface area (Å²) in [6.07, 6.45) is 2.04. The second-order valence-corrected chi connectivity index (χ2v) is 5.90. The van der Waals surface area contributed by atoms with Gasteiger partial charge >= 0.3 is 5.69 Å². The van der Waals surface area contributed by atoms with Crippen LogP contribution in [0, 0.1) is 6.92 Å². The van der Waals surface area contributed by atoms with Gasteiger partial charge in [0.1, 0.15) is 0 Å². The number of carbonyl (C=O) groups is 1. The number of nitrogens with one attached hydrogen (secondary N) is 2. The molecule has 0 radical (unpaired) electrons. The monoisotopic (exact) mass is 293 g/mol. The first-order valence-electron chi connectivity index (χ1n) is 6.48. The first-order chi connectivity index (χ1) is 9.63. The van der Waals surface area contributed by atoms with E-state index in [0.29, 0.717) is 18.8 Å². The number of aromatic amines is 2. The number of amides is 1. The van der Waals surface area contributed by atoms with Gasteiger partial charge in [0.25, 0.3) is 0 Å². The first kappa shape index (κ1) is 13.0. The maximum atomic E-state index is 12.4. The van der Waals surface area contributed by atoms with Gasteiger partial charge in [0.15, 0.2) is 5.82 Å². The van der Waals surface area contributed by atoms with Crippen molar-refractivity contribution in [3.05, 3.63) is 32.4 Å². The summed E-state index contributed by atoms with van der Waals surface area (Å²) in [6.45, 7) is 2.62. The van der Waals surface area contributed by atoms with E-state index in [2.05, 4.69) is 20.2 Å². The van der Waals surface area contributed by atoms with Gasteiger partial charge < -0.3 is 4.90 Å². The smallest absolute Gasteiger partial charge is 0.332 e. The average molecular weight is 293 g/mol. The third-order valence-electron chi connectivity index (χ3n) is 3.41. The molecule has 3 heterocycles. The van der Waals surface area contributed by atoms with Crippen LogP contribution in [0.1, 0.15) is 35.4 Å². The predicted octanol–water partition coefficient (Wildman–Crippen LogP) is 0.769. The third-order valence-corrected chi connectivity index (χ3v) is 4.23. The lowest BCUT2D eigenvalue weighted by Gasteiger charge is -2.22. The standard InChI is InChI=1S/C12H15N5O2S/c1-7-13-8(6-20-7)5-10(18)17-4-2-3-9(17)11-14-12(19)16-15-11/h6,9H,2-5H2,1H3,(H2,14,15,16,19)/t9-/m0/s1. The molecule has 1 atom stereocenters. The van der Waals surface area contributed by atoms with Crippen LogP contribution in [0.2, 0.25) is 0 Å². The van der Waals surface area contributed by atoms with Gasteiger partial charge in [0, 0.05) is 11.9 Å². The van der Waals surface area contributed by atoms with Crippen LogP contribution in [0.4, 0.5) is 0 Å². The molecule has 3 rings (SSSR count). The van der Waals surface area contributed by atoms with Crippen molar-refractivity contribution in [2.45, 2.75) is 32.2 Å². The summed E-state index contributed by atoms with van der Waals surface area (Å²) < 4.78 is 0. The Labute approximate surface area is 119 Å². The van der Waals surface area contributed by atoms with Crippen LogP contribution in [0.3, 0.4) is 0 Å². The Morgan fingerprint density at radius 1 is 1.60 bits per heavy atom. The molecule has 0 aliphatic carbocycles. The number of aromatic nitrogens is 4. The SMILES string of the molecule is Cc1nc(CC(=O)N2CCC[C@H]2c2n[nH]c(=O)[nH]2)cs1. The molecule has 2 aromatic heterocycles. The van der Waals surface area contributed by atoms with Crippen molar-refractivity contribution in [1.82, 2.24) is 25.1 Å². The maximum Gasteiger partial charge on any atom is 0.340 e. The fourth-order valence-corrected chi connectivity index (χ4v) is 3.15. The second-order valence-electron chi connectivity index (χ2n) is 4.84. The molecule has 1 aliphatic rings. The number of likely N-dealkylation sites (tertiary alicyclic amines) is 1. The Balaban J connectivity index is 1.74. The van der Waals surface area contributed by atoms with Crippen molar-refractivity contribution in [2.75, 3.05) is 6.54 Å². The van der Waals surface area contributed by atoms with Gasteiger partial charge in [-0.25, -0.2) is 14.9 Å². The van der Waals surface area contributed by atoms with Crippen molar-refractivity contribution in [1.29, 1.82) is 0 Å². The molecule has 0 unspecified atom stereocenters. The summed E-state index contributed by atoms with van der Waals surface area (Å²) in [5, 5.41) is 9.16. The van der Waals surface area contributed by atoms with E-state index in [1.807, 2.05) is 12.3 Å². The van der Waals surface area contributed by atoms with E-state index in [0.717, 1.165) is 23.5 Å². The Morgan fingerprint density at radius 3 is 3.10 bits per heavy atom. The van der Waals surface area contributed by atoms with Crippen LogP contribution in [-0.4, -0.2) is 37.5 Å². The van der Waals surface area contributed by atoms with E-state index in [1.165, 1.54) is 0 Å². The lowest BCUT2D eigenvalue weighted by atomic mass is 10.2. The molecular weight excluding hydrogens is 278 g/mol. The van der Waals surface area contributed by atoms with E-state index in [9.17, 15) is 9.59 Å². The van der Waals surface area contributed by atoms with Crippen molar-refractivity contribution in [3.8, 4) is 0 Å². The zero-order valence-electron chi connectivity index (χ0n) is 11.0. The van der Waals surface area contributed by atoms with E-state index in [-0.39, 0.29) is 17.6 Å². The number of nitrogens with zero attached hydrogens (tertiary/aromatic N) is 3. The van der Waals surface area contributed by atoms with Gasteiger partial charge in [-0.3, -0.25) is 9.78 Å². The second kappa shape index (κ2) is 5.20. The van der Waals surface area contributed by atoms with E-state index >= 15 is 0 Å². The van der Waals surface area contributed by atoms with Crippen molar-refractivity contribution >= 4 is 17.2 Å². The molecule has 2 N–H and O–H groups in total. The summed E-state index contributed by atoms with van der Waals surface area (Å²) in [6, 6.07) is -0.138. The molecule has 2 aromatic rings. The fourth-order valence-electron chi connectivity index (χ4n) is 2.54. The Kier molecular flexibility index (Phi) is 3.39. The number of carbonyl (C=O) groups excluding carboxylic acids is 1. The van der Waals surface area contributed by atoms with Gasteiger partial charge in [0.05, 0.1) is 23.2 Å². The Bertz CT molecular complexity index is 673. The van der Waals surface area contributed by atoms with Crippen LogP contribution in [0.5, 0.6) is 0 Å². The Hall–Kier alpha value is -1.96. The summed E-state index contributed by atoms with van der Waals surface area (Å²) in [7, 11) is 0. The van der Waals surface area contributed by atoms with Crippen LogP contribution in [0.15, 0.2) is 10.2 Å². The largest absolute Gasteiger partial charge is 0.340 e. The van der Waals surface area contributed by atoms with E-state index in [1.54, 1.807) is 16.2 Å². The summed E-state index contributed by atoms with van der Waals surface area (Å²) in [5.41, 5.74) is 0.466. The zero-order chi connectivity index (χ0) is 14.1. The van der Waals surface area contributed by atoms with Gasteiger partial charge in [0.2, 0.25) is 5.91 Å². The molecule has 8 heteroatoms. The minimum Gasteiger partial charge on any atom is -0.332 e. The number of hydrogen-bond donors (Lipinski definition) is 2. The molecule has 7 nitrogen and oxygen atoms in total. The van der Waals surface area contributed by atoms with E-state index < -0.39 is 0 Å². The molecule has 0 saturated carbocycles. The van der Waals surface area contributed by atoms with Gasteiger partial charge in [-0.1, -0.05) is 0 Å². The minimum atomic E-state index is -0.338. The molecule has 1 fully saturated rings. The molecule has 20 heavy (non-hydrogen) atoms. The predicted molar refractivity (Wildman–Crippen MR) is 73.5 cm³/mol. The lowest BCUT2D eigenvalue weighted by molar-refractivity contribution is -0.131. The number of thiazole rings is 1. The molecule has 106 valence electrons. The number of aryl methyl sites for hydroxylation is 1. The van der Waals surface area contributed by atoms with Crippen LogP contribution in [0.25, 0.3) is 0 Å². The molecule has 0 bridgehead atoms. The Morgan fingerprint density at radius 2 is 2.45 bits per heavy atom. The average Bonchev–Trinajstić information content (AvgIpc) is 3.09. The third kappa shape index (κ3) is 2.51. The number of rotatable bonds is 3. The highest BCUT2D eigenvalue weighted by atomic mass is 32.1. The summed E-state index contributed by atoms with van der Waals surface area (Å²) >= 11 is 1.54. The molecule has 1 saturated heterocycles.